The van der Waals surface area contributed by atoms with Crippen LogP contribution >= 0.6 is 0 Å². The predicted octanol–water partition coefficient (Wildman–Crippen LogP) is 2.50. The van der Waals surface area contributed by atoms with Gasteiger partial charge in [0.1, 0.15) is 0 Å². The van der Waals surface area contributed by atoms with E-state index in [1.165, 1.54) is 0 Å². The summed E-state index contributed by atoms with van der Waals surface area (Å²) in [5.41, 5.74) is -1.49. The lowest BCUT2D eigenvalue weighted by atomic mass is 10.1. The summed E-state index contributed by atoms with van der Waals surface area (Å²) in [5, 5.41) is 8.00. The van der Waals surface area contributed by atoms with Crippen LogP contribution in [0.15, 0.2) is 17.1 Å². The van der Waals surface area contributed by atoms with E-state index in [4.69, 9.17) is 5.11 Å². The number of carboxylic acid groups (broad SMARTS) is 1. The Morgan fingerprint density at radius 1 is 1.35 bits per heavy atom. The second kappa shape index (κ2) is 4.87. The molecule has 0 fully saturated rings. The zero-order valence-electron chi connectivity index (χ0n) is 10.1. The molecule has 106 valence electrons. The molecule has 0 radical (unpaired) electrons. The molecule has 0 amide bonds. The maximum atomic E-state index is 13.7. The lowest BCUT2D eigenvalue weighted by molar-refractivity contribution is 0.144. The third-order valence-electron chi connectivity index (χ3n) is 2.70. The number of pyridine rings is 1. The molecule has 0 aliphatic carbocycles. The molecule has 0 aliphatic rings. The Bertz CT molecular complexity index is 770. The van der Waals surface area contributed by atoms with E-state index in [1.807, 2.05) is 0 Å². The van der Waals surface area contributed by atoms with Crippen molar-refractivity contribution in [3.05, 3.63) is 39.9 Å². The van der Waals surface area contributed by atoms with E-state index in [2.05, 4.69) is 4.74 Å². The minimum absolute atomic E-state index is 0.0920. The topological polar surface area (TPSA) is 68.5 Å². The number of fused-ring (bicyclic) bond motifs is 1. The Morgan fingerprint density at radius 3 is 2.55 bits per heavy atom. The van der Waals surface area contributed by atoms with E-state index in [0.29, 0.717) is 6.07 Å². The Labute approximate surface area is 109 Å². The van der Waals surface area contributed by atoms with Gasteiger partial charge in [-0.05, 0) is 13.0 Å². The van der Waals surface area contributed by atoms with Crippen LogP contribution in [0.5, 0.6) is 5.75 Å². The summed E-state index contributed by atoms with van der Waals surface area (Å²) in [6, 6.07) is 0.511. The molecule has 0 atom stereocenters. The molecular formula is C12H8F3NO4. The maximum Gasteiger partial charge on any atom is 0.511 e. The summed E-state index contributed by atoms with van der Waals surface area (Å²) in [5.74, 6) is -5.37. The fourth-order valence-electron chi connectivity index (χ4n) is 1.85. The van der Waals surface area contributed by atoms with E-state index >= 15 is 0 Å². The van der Waals surface area contributed by atoms with E-state index in [0.717, 1.165) is 10.8 Å². The van der Waals surface area contributed by atoms with Gasteiger partial charge in [-0.2, -0.15) is 0 Å². The number of rotatable bonds is 2. The number of aryl methyl sites for hydroxylation is 1. The van der Waals surface area contributed by atoms with Crippen molar-refractivity contribution in [3.8, 4) is 5.75 Å². The molecule has 1 N–H and O–H groups in total. The first kappa shape index (κ1) is 13.9. The van der Waals surface area contributed by atoms with Crippen molar-refractivity contribution >= 4 is 17.1 Å². The van der Waals surface area contributed by atoms with E-state index in [-0.39, 0.29) is 6.54 Å². The molecule has 5 nitrogen and oxygen atoms in total. The standard InChI is InChI=1S/C12H8F3NO4/c1-2-16-4-7(20-12(18)19)11(17)5-3-6(13)8(14)9(15)10(5)16/h3-4H,2H2,1H3,(H,18,19). The van der Waals surface area contributed by atoms with Gasteiger partial charge in [0.05, 0.1) is 17.1 Å². The molecule has 0 spiro atoms. The van der Waals surface area contributed by atoms with Crippen LogP contribution in [0.1, 0.15) is 6.92 Å². The SMILES string of the molecule is CCn1cc(OC(=O)O)c(=O)c2cc(F)c(F)c(F)c21. The van der Waals surface area contributed by atoms with Crippen molar-refractivity contribution in [1.82, 2.24) is 4.57 Å². The highest BCUT2D eigenvalue weighted by atomic mass is 19.2. The Kier molecular flexibility index (Phi) is 3.39. The molecule has 0 saturated carbocycles. The van der Waals surface area contributed by atoms with Crippen LogP contribution in [0.25, 0.3) is 10.9 Å². The average molecular weight is 287 g/mol. The van der Waals surface area contributed by atoms with Gasteiger partial charge in [0.25, 0.3) is 0 Å². The van der Waals surface area contributed by atoms with E-state index in [1.54, 1.807) is 6.92 Å². The summed E-state index contributed by atoms with van der Waals surface area (Å²) >= 11 is 0. The Hall–Kier alpha value is -2.51. The quantitative estimate of drug-likeness (QED) is 0.680. The van der Waals surface area contributed by atoms with Gasteiger partial charge in [-0.3, -0.25) is 4.79 Å². The Morgan fingerprint density at radius 2 is 2.00 bits per heavy atom. The van der Waals surface area contributed by atoms with Crippen LogP contribution in [0.2, 0.25) is 0 Å². The molecule has 0 aliphatic heterocycles. The van der Waals surface area contributed by atoms with E-state index in [9.17, 15) is 22.8 Å². The van der Waals surface area contributed by atoms with Crippen molar-refractivity contribution in [3.63, 3.8) is 0 Å². The first-order valence-electron chi connectivity index (χ1n) is 5.48. The van der Waals surface area contributed by atoms with E-state index < -0.39 is 45.7 Å². The third kappa shape index (κ3) is 2.09. The van der Waals surface area contributed by atoms with Gasteiger partial charge in [-0.1, -0.05) is 0 Å². The summed E-state index contributed by atoms with van der Waals surface area (Å²) in [6.07, 6.45) is -0.814. The van der Waals surface area contributed by atoms with Gasteiger partial charge in [0, 0.05) is 6.54 Å². The van der Waals surface area contributed by atoms with Gasteiger partial charge >= 0.3 is 6.16 Å². The second-order valence-electron chi connectivity index (χ2n) is 3.86. The Balaban J connectivity index is 2.93. The number of aromatic nitrogens is 1. The molecule has 1 heterocycles. The monoisotopic (exact) mass is 287 g/mol. The molecule has 1 aromatic heterocycles. The number of halogens is 3. The molecule has 0 unspecified atom stereocenters. The molecule has 8 heteroatoms. The summed E-state index contributed by atoms with van der Waals surface area (Å²) in [7, 11) is 0. The first-order chi connectivity index (χ1) is 9.36. The van der Waals surface area contributed by atoms with Crippen LogP contribution in [0.3, 0.4) is 0 Å². The summed E-state index contributed by atoms with van der Waals surface area (Å²) in [6.45, 7) is 1.64. The first-order valence-corrected chi connectivity index (χ1v) is 5.48. The molecular weight excluding hydrogens is 279 g/mol. The number of hydrogen-bond acceptors (Lipinski definition) is 3. The van der Waals surface area contributed by atoms with Crippen LogP contribution < -0.4 is 10.2 Å². The van der Waals surface area contributed by atoms with Crippen LogP contribution in [0.4, 0.5) is 18.0 Å². The average Bonchev–Trinajstić information content (AvgIpc) is 2.39. The molecule has 20 heavy (non-hydrogen) atoms. The van der Waals surface area contributed by atoms with Gasteiger partial charge in [-0.15, -0.1) is 0 Å². The predicted molar refractivity (Wildman–Crippen MR) is 62.4 cm³/mol. The largest absolute Gasteiger partial charge is 0.511 e. The number of nitrogens with zero attached hydrogens (tertiary/aromatic N) is 1. The van der Waals surface area contributed by atoms with Crippen molar-refractivity contribution < 1.29 is 27.8 Å². The minimum atomic E-state index is -1.74. The summed E-state index contributed by atoms with van der Waals surface area (Å²) < 4.78 is 45.5. The lowest BCUT2D eigenvalue weighted by Gasteiger charge is -2.12. The molecule has 2 aromatic rings. The van der Waals surface area contributed by atoms with Crippen LogP contribution in [-0.4, -0.2) is 15.8 Å². The zero-order chi connectivity index (χ0) is 15.0. The highest BCUT2D eigenvalue weighted by Crippen LogP contribution is 2.23. The smallest absolute Gasteiger partial charge is 0.449 e. The highest BCUT2D eigenvalue weighted by molar-refractivity contribution is 5.81. The van der Waals surface area contributed by atoms with Gasteiger partial charge in [-0.25, -0.2) is 18.0 Å². The normalized spacial score (nSPS) is 10.8. The molecule has 1 aromatic carbocycles. The third-order valence-corrected chi connectivity index (χ3v) is 2.70. The molecule has 0 saturated heterocycles. The van der Waals surface area contributed by atoms with Crippen molar-refractivity contribution in [2.45, 2.75) is 13.5 Å². The van der Waals surface area contributed by atoms with Crippen LogP contribution in [-0.2, 0) is 6.54 Å². The lowest BCUT2D eigenvalue weighted by Crippen LogP contribution is -2.17. The number of ether oxygens (including phenoxy) is 1. The fraction of sp³-hybridized carbons (Fsp3) is 0.167. The van der Waals surface area contributed by atoms with Crippen molar-refractivity contribution in [2.24, 2.45) is 0 Å². The second-order valence-corrected chi connectivity index (χ2v) is 3.86. The van der Waals surface area contributed by atoms with Gasteiger partial charge in [0.2, 0.25) is 5.43 Å². The summed E-state index contributed by atoms with van der Waals surface area (Å²) in [4.78, 5) is 22.4. The maximum absolute atomic E-state index is 13.7. The van der Waals surface area contributed by atoms with Crippen LogP contribution in [0, 0.1) is 17.5 Å². The van der Waals surface area contributed by atoms with Crippen molar-refractivity contribution in [1.29, 1.82) is 0 Å². The number of carbonyl (C=O) groups is 1. The highest BCUT2D eigenvalue weighted by Gasteiger charge is 2.20. The number of benzene rings is 1. The van der Waals surface area contributed by atoms with Gasteiger partial charge in [0.15, 0.2) is 23.2 Å². The van der Waals surface area contributed by atoms with Gasteiger partial charge < -0.3 is 14.4 Å². The zero-order valence-corrected chi connectivity index (χ0v) is 10.1. The minimum Gasteiger partial charge on any atom is -0.449 e. The fourth-order valence-corrected chi connectivity index (χ4v) is 1.85. The molecule has 2 rings (SSSR count). The van der Waals surface area contributed by atoms with Crippen molar-refractivity contribution in [2.75, 3.05) is 0 Å². The molecule has 0 bridgehead atoms. The number of hydrogen-bond donors (Lipinski definition) is 1.